The number of aryl methyl sites for hydroxylation is 1. The smallest absolute Gasteiger partial charge is 0.324 e. The van der Waals surface area contributed by atoms with Gasteiger partial charge in [0.25, 0.3) is 0 Å². The van der Waals surface area contributed by atoms with E-state index in [0.717, 1.165) is 16.7 Å². The molecule has 0 bridgehead atoms. The second kappa shape index (κ2) is 6.52. The number of benzene rings is 1. The molecule has 0 saturated heterocycles. The molecule has 2 unspecified atom stereocenters. The molecule has 0 fully saturated rings. The van der Waals surface area contributed by atoms with E-state index < -0.39 is 11.4 Å². The summed E-state index contributed by atoms with van der Waals surface area (Å²) in [6.45, 7) is 7.21. The predicted molar refractivity (Wildman–Crippen MR) is 86.2 cm³/mol. The van der Waals surface area contributed by atoms with Gasteiger partial charge in [-0.1, -0.05) is 18.2 Å². The van der Waals surface area contributed by atoms with Crippen LogP contribution in [0, 0.1) is 6.92 Å². The molecule has 0 aliphatic heterocycles. The number of fused-ring (bicyclic) bond motifs is 1. The number of ether oxygens (including phenoxy) is 1. The molecule has 5 nitrogen and oxygen atoms in total. The Kier molecular flexibility index (Phi) is 4.88. The van der Waals surface area contributed by atoms with Crippen molar-refractivity contribution in [2.45, 2.75) is 45.4 Å². The van der Waals surface area contributed by atoms with Crippen LogP contribution in [0.5, 0.6) is 0 Å². The van der Waals surface area contributed by atoms with Gasteiger partial charge in [0.05, 0.1) is 6.61 Å². The molecule has 5 heteroatoms. The highest BCUT2D eigenvalue weighted by molar-refractivity contribution is 6.10. The molecule has 1 aromatic rings. The summed E-state index contributed by atoms with van der Waals surface area (Å²) in [5, 5.41) is 2.80. The molecule has 0 aromatic heterocycles. The van der Waals surface area contributed by atoms with Crippen molar-refractivity contribution in [3.63, 3.8) is 0 Å². The minimum Gasteiger partial charge on any atom is -0.465 e. The first-order valence-corrected chi connectivity index (χ1v) is 7.87. The van der Waals surface area contributed by atoms with Gasteiger partial charge in [-0.15, -0.1) is 0 Å². The van der Waals surface area contributed by atoms with Crippen molar-refractivity contribution in [3.8, 4) is 0 Å². The molecule has 0 heterocycles. The third-order valence-electron chi connectivity index (χ3n) is 4.57. The Labute approximate surface area is 136 Å². The molecule has 0 saturated carbocycles. The third kappa shape index (κ3) is 2.87. The number of carbonyl (C=O) groups excluding carboxylic acids is 3. The standard InChI is InChI=1S/C18H23NO4/c1-5-23-17(22)18(12(3)20)9-14(10-19-13(4)21)16-11(2)7-6-8-15(16)18/h6-8,14H,5,9-10H2,1-4H3,(H,19,21). The van der Waals surface area contributed by atoms with Crippen LogP contribution in [-0.4, -0.2) is 30.8 Å². The number of esters is 1. The first-order chi connectivity index (χ1) is 10.8. The van der Waals surface area contributed by atoms with Crippen LogP contribution in [0.25, 0.3) is 0 Å². The zero-order valence-electron chi connectivity index (χ0n) is 14.1. The number of amides is 1. The number of ketones is 1. The Morgan fingerprint density at radius 3 is 2.57 bits per heavy atom. The monoisotopic (exact) mass is 317 g/mol. The minimum atomic E-state index is -1.26. The lowest BCUT2D eigenvalue weighted by Crippen LogP contribution is -2.42. The average molecular weight is 317 g/mol. The van der Waals surface area contributed by atoms with Crippen molar-refractivity contribution in [2.75, 3.05) is 13.2 Å². The van der Waals surface area contributed by atoms with E-state index in [9.17, 15) is 14.4 Å². The topological polar surface area (TPSA) is 72.5 Å². The van der Waals surface area contributed by atoms with Gasteiger partial charge in [-0.25, -0.2) is 0 Å². The Hall–Kier alpha value is -2.17. The fourth-order valence-corrected chi connectivity index (χ4v) is 3.54. The number of hydrogen-bond acceptors (Lipinski definition) is 4. The van der Waals surface area contributed by atoms with Crippen molar-refractivity contribution in [1.29, 1.82) is 0 Å². The first kappa shape index (κ1) is 17.2. The van der Waals surface area contributed by atoms with Crippen LogP contribution in [-0.2, 0) is 24.5 Å². The van der Waals surface area contributed by atoms with Gasteiger partial charge in [0, 0.05) is 19.4 Å². The summed E-state index contributed by atoms with van der Waals surface area (Å²) in [5.41, 5.74) is 1.45. The molecule has 1 aliphatic carbocycles. The SMILES string of the molecule is CCOC(=O)C1(C(C)=O)CC(CNC(C)=O)c2c(C)cccc21. The van der Waals surface area contributed by atoms with E-state index in [1.807, 2.05) is 25.1 Å². The normalized spacial score (nSPS) is 22.3. The lowest BCUT2D eigenvalue weighted by molar-refractivity contribution is -0.153. The second-order valence-electron chi connectivity index (χ2n) is 6.06. The number of carbonyl (C=O) groups is 3. The van der Waals surface area contributed by atoms with E-state index in [2.05, 4.69) is 5.32 Å². The van der Waals surface area contributed by atoms with Crippen molar-refractivity contribution >= 4 is 17.7 Å². The van der Waals surface area contributed by atoms with Gasteiger partial charge in [-0.3, -0.25) is 14.4 Å². The van der Waals surface area contributed by atoms with Crippen LogP contribution >= 0.6 is 0 Å². The average Bonchev–Trinajstić information content (AvgIpc) is 2.82. The van der Waals surface area contributed by atoms with Crippen LogP contribution in [0.2, 0.25) is 0 Å². The maximum absolute atomic E-state index is 12.6. The Balaban J connectivity index is 2.55. The van der Waals surface area contributed by atoms with Gasteiger partial charge in [0.15, 0.2) is 11.2 Å². The quantitative estimate of drug-likeness (QED) is 0.666. The van der Waals surface area contributed by atoms with E-state index in [-0.39, 0.29) is 24.2 Å². The van der Waals surface area contributed by atoms with Gasteiger partial charge in [0.2, 0.25) is 5.91 Å². The summed E-state index contributed by atoms with van der Waals surface area (Å²) >= 11 is 0. The van der Waals surface area contributed by atoms with Crippen molar-refractivity contribution in [2.24, 2.45) is 0 Å². The molecule has 2 rings (SSSR count). The van der Waals surface area contributed by atoms with Gasteiger partial charge in [0.1, 0.15) is 0 Å². The fourth-order valence-electron chi connectivity index (χ4n) is 3.54. The van der Waals surface area contributed by atoms with Crippen molar-refractivity contribution < 1.29 is 19.1 Å². The van der Waals surface area contributed by atoms with E-state index in [1.54, 1.807) is 6.92 Å². The fraction of sp³-hybridized carbons (Fsp3) is 0.500. The molecule has 0 spiro atoms. The van der Waals surface area contributed by atoms with E-state index >= 15 is 0 Å². The molecule has 23 heavy (non-hydrogen) atoms. The van der Waals surface area contributed by atoms with E-state index in [1.165, 1.54) is 13.8 Å². The summed E-state index contributed by atoms with van der Waals surface area (Å²) in [4.78, 5) is 36.3. The summed E-state index contributed by atoms with van der Waals surface area (Å²) in [6.07, 6.45) is 0.335. The summed E-state index contributed by atoms with van der Waals surface area (Å²) in [6, 6.07) is 5.64. The van der Waals surface area contributed by atoms with Crippen molar-refractivity contribution in [1.82, 2.24) is 5.32 Å². The zero-order valence-corrected chi connectivity index (χ0v) is 14.1. The largest absolute Gasteiger partial charge is 0.465 e. The number of nitrogens with one attached hydrogen (secondary N) is 1. The highest BCUT2D eigenvalue weighted by Crippen LogP contribution is 2.48. The van der Waals surface area contributed by atoms with E-state index in [4.69, 9.17) is 4.74 Å². The first-order valence-electron chi connectivity index (χ1n) is 7.87. The number of Topliss-reactive ketones (excluding diaryl/α,β-unsaturated/α-hetero) is 1. The molecule has 1 aromatic carbocycles. The Morgan fingerprint density at radius 1 is 1.30 bits per heavy atom. The summed E-state index contributed by atoms with van der Waals surface area (Å²) in [7, 11) is 0. The predicted octanol–water partition coefficient (Wildman–Crippen LogP) is 2.01. The summed E-state index contributed by atoms with van der Waals surface area (Å²) < 4.78 is 5.21. The van der Waals surface area contributed by atoms with Gasteiger partial charge >= 0.3 is 5.97 Å². The molecule has 0 radical (unpaired) electrons. The van der Waals surface area contributed by atoms with Crippen LogP contribution in [0.1, 0.15) is 49.8 Å². The summed E-state index contributed by atoms with van der Waals surface area (Å²) in [5.74, 6) is -0.919. The molecule has 1 amide bonds. The number of hydrogen-bond donors (Lipinski definition) is 1. The molecule has 2 atom stereocenters. The van der Waals surface area contributed by atoms with Crippen LogP contribution < -0.4 is 5.32 Å². The van der Waals surface area contributed by atoms with Crippen LogP contribution in [0.4, 0.5) is 0 Å². The number of rotatable bonds is 5. The maximum Gasteiger partial charge on any atom is 0.324 e. The highest BCUT2D eigenvalue weighted by atomic mass is 16.5. The van der Waals surface area contributed by atoms with Gasteiger partial charge < -0.3 is 10.1 Å². The van der Waals surface area contributed by atoms with Gasteiger partial charge in [-0.2, -0.15) is 0 Å². The molecule has 1 N–H and O–H groups in total. The van der Waals surface area contributed by atoms with Crippen molar-refractivity contribution in [3.05, 3.63) is 34.9 Å². The lowest BCUT2D eigenvalue weighted by atomic mass is 9.77. The second-order valence-corrected chi connectivity index (χ2v) is 6.06. The van der Waals surface area contributed by atoms with Gasteiger partial charge in [-0.05, 0) is 43.9 Å². The lowest BCUT2D eigenvalue weighted by Gasteiger charge is -2.25. The van der Waals surface area contributed by atoms with Crippen LogP contribution in [0.15, 0.2) is 18.2 Å². The molecule has 124 valence electrons. The molecule has 1 aliphatic rings. The third-order valence-corrected chi connectivity index (χ3v) is 4.57. The van der Waals surface area contributed by atoms with Crippen LogP contribution in [0.3, 0.4) is 0 Å². The highest BCUT2D eigenvalue weighted by Gasteiger charge is 2.54. The van der Waals surface area contributed by atoms with E-state index in [0.29, 0.717) is 13.0 Å². The Morgan fingerprint density at radius 2 is 2.00 bits per heavy atom. The molecular formula is C18H23NO4. The Bertz CT molecular complexity index is 652. The maximum atomic E-state index is 12.6. The zero-order chi connectivity index (χ0) is 17.2. The molecular weight excluding hydrogens is 294 g/mol. The minimum absolute atomic E-state index is 0.0802.